The standard InChI is InChI=1S/C15H21FN2OS/c1-2-12-5-3-4-8-18(12)15(19)10-20-14-7-6-11(16)9-13(14)17/h6-7,9,12H,2-5,8,10,17H2,1H3. The van der Waals surface area contributed by atoms with Crippen molar-refractivity contribution in [2.75, 3.05) is 18.0 Å². The Morgan fingerprint density at radius 1 is 1.50 bits per heavy atom. The van der Waals surface area contributed by atoms with Crippen LogP contribution in [0, 0.1) is 5.82 Å². The second kappa shape index (κ2) is 6.97. The van der Waals surface area contributed by atoms with Gasteiger partial charge in [-0.3, -0.25) is 4.79 Å². The quantitative estimate of drug-likeness (QED) is 0.685. The lowest BCUT2D eigenvalue weighted by molar-refractivity contribution is -0.132. The Kier molecular flexibility index (Phi) is 5.29. The fourth-order valence-corrected chi connectivity index (χ4v) is 3.46. The lowest BCUT2D eigenvalue weighted by atomic mass is 10.0. The Labute approximate surface area is 123 Å². The number of benzene rings is 1. The summed E-state index contributed by atoms with van der Waals surface area (Å²) in [5.41, 5.74) is 6.15. The van der Waals surface area contributed by atoms with Crippen LogP contribution in [0.1, 0.15) is 32.6 Å². The molecule has 1 aromatic rings. The minimum absolute atomic E-state index is 0.158. The van der Waals surface area contributed by atoms with Gasteiger partial charge >= 0.3 is 0 Å². The highest BCUT2D eigenvalue weighted by atomic mass is 32.2. The van der Waals surface area contributed by atoms with E-state index < -0.39 is 0 Å². The van der Waals surface area contributed by atoms with E-state index in [4.69, 9.17) is 5.73 Å². The van der Waals surface area contributed by atoms with Crippen molar-refractivity contribution >= 4 is 23.4 Å². The highest BCUT2D eigenvalue weighted by molar-refractivity contribution is 8.00. The van der Waals surface area contributed by atoms with Crippen LogP contribution in [-0.2, 0) is 4.79 Å². The maximum absolute atomic E-state index is 13.0. The summed E-state index contributed by atoms with van der Waals surface area (Å²) in [6.45, 7) is 2.98. The Morgan fingerprint density at radius 3 is 3.00 bits per heavy atom. The largest absolute Gasteiger partial charge is 0.398 e. The summed E-state index contributed by atoms with van der Waals surface area (Å²) in [5, 5.41) is 0. The number of amides is 1. The number of hydrogen-bond donors (Lipinski definition) is 1. The van der Waals surface area contributed by atoms with Gasteiger partial charge in [-0.25, -0.2) is 4.39 Å². The molecule has 1 aliphatic rings. The average molecular weight is 296 g/mol. The zero-order valence-corrected chi connectivity index (χ0v) is 12.6. The van der Waals surface area contributed by atoms with E-state index in [0.29, 0.717) is 17.5 Å². The van der Waals surface area contributed by atoms with Gasteiger partial charge in [-0.1, -0.05) is 6.92 Å². The summed E-state index contributed by atoms with van der Waals surface area (Å²) >= 11 is 1.39. The summed E-state index contributed by atoms with van der Waals surface area (Å²) in [6.07, 6.45) is 4.41. The fraction of sp³-hybridized carbons (Fsp3) is 0.533. The van der Waals surface area contributed by atoms with Crippen LogP contribution in [0.4, 0.5) is 10.1 Å². The minimum atomic E-state index is -0.347. The van der Waals surface area contributed by atoms with Crippen molar-refractivity contribution in [2.45, 2.75) is 43.5 Å². The SMILES string of the molecule is CCC1CCCCN1C(=O)CSc1ccc(F)cc1N. The number of piperidine rings is 1. The molecule has 0 saturated carbocycles. The molecular formula is C15H21FN2OS. The maximum atomic E-state index is 13.0. The molecule has 1 atom stereocenters. The number of nitrogens with zero attached hydrogens (tertiary/aromatic N) is 1. The lowest BCUT2D eigenvalue weighted by Crippen LogP contribution is -2.44. The first-order chi connectivity index (χ1) is 9.61. The molecular weight excluding hydrogens is 275 g/mol. The molecule has 5 heteroatoms. The maximum Gasteiger partial charge on any atom is 0.233 e. The van der Waals surface area contributed by atoms with Crippen LogP contribution in [0.15, 0.2) is 23.1 Å². The van der Waals surface area contributed by atoms with Crippen LogP contribution < -0.4 is 5.73 Å². The van der Waals surface area contributed by atoms with Crippen molar-refractivity contribution in [3.63, 3.8) is 0 Å². The van der Waals surface area contributed by atoms with Crippen molar-refractivity contribution in [2.24, 2.45) is 0 Å². The van der Waals surface area contributed by atoms with Crippen LogP contribution in [0.2, 0.25) is 0 Å². The molecule has 1 aliphatic heterocycles. The zero-order valence-electron chi connectivity index (χ0n) is 11.8. The van der Waals surface area contributed by atoms with E-state index in [1.165, 1.54) is 30.3 Å². The summed E-state index contributed by atoms with van der Waals surface area (Å²) in [6, 6.07) is 4.68. The lowest BCUT2D eigenvalue weighted by Gasteiger charge is -2.35. The van der Waals surface area contributed by atoms with E-state index in [1.807, 2.05) is 4.90 Å². The first kappa shape index (κ1) is 15.2. The molecule has 1 fully saturated rings. The molecule has 20 heavy (non-hydrogen) atoms. The Bertz CT molecular complexity index is 481. The number of nitrogens with two attached hydrogens (primary N) is 1. The molecule has 1 saturated heterocycles. The number of thioether (sulfide) groups is 1. The van der Waals surface area contributed by atoms with Crippen LogP contribution >= 0.6 is 11.8 Å². The second-order valence-electron chi connectivity index (χ2n) is 5.12. The van der Waals surface area contributed by atoms with Crippen LogP contribution in [0.5, 0.6) is 0 Å². The molecule has 3 nitrogen and oxygen atoms in total. The number of nitrogen functional groups attached to an aromatic ring is 1. The van der Waals surface area contributed by atoms with E-state index in [0.717, 1.165) is 30.7 Å². The summed E-state index contributed by atoms with van der Waals surface area (Å²) < 4.78 is 13.0. The van der Waals surface area contributed by atoms with Gasteiger partial charge in [0.15, 0.2) is 0 Å². The van der Waals surface area contributed by atoms with Crippen LogP contribution in [0.3, 0.4) is 0 Å². The first-order valence-electron chi connectivity index (χ1n) is 7.09. The zero-order chi connectivity index (χ0) is 14.5. The van der Waals surface area contributed by atoms with Gasteiger partial charge < -0.3 is 10.6 Å². The van der Waals surface area contributed by atoms with Gasteiger partial charge in [-0.2, -0.15) is 0 Å². The summed E-state index contributed by atoms with van der Waals surface area (Å²) in [7, 11) is 0. The monoisotopic (exact) mass is 296 g/mol. The van der Waals surface area contributed by atoms with E-state index in [-0.39, 0.29) is 11.7 Å². The van der Waals surface area contributed by atoms with Crippen LogP contribution in [0.25, 0.3) is 0 Å². The fourth-order valence-electron chi connectivity index (χ4n) is 2.63. The third kappa shape index (κ3) is 3.66. The molecule has 110 valence electrons. The third-order valence-corrected chi connectivity index (χ3v) is 4.82. The molecule has 0 bridgehead atoms. The van der Waals surface area contributed by atoms with Gasteiger partial charge in [0.05, 0.1) is 5.75 Å². The van der Waals surface area contributed by atoms with Crippen molar-refractivity contribution in [1.29, 1.82) is 0 Å². The van der Waals surface area contributed by atoms with E-state index in [9.17, 15) is 9.18 Å². The van der Waals surface area contributed by atoms with Gasteiger partial charge in [0, 0.05) is 23.2 Å². The van der Waals surface area contributed by atoms with E-state index in [2.05, 4.69) is 6.92 Å². The number of carbonyl (C=O) groups excluding carboxylic acids is 1. The number of hydrogen-bond acceptors (Lipinski definition) is 3. The van der Waals surface area contributed by atoms with Gasteiger partial charge in [0.1, 0.15) is 5.82 Å². The van der Waals surface area contributed by atoms with Gasteiger partial charge in [-0.15, -0.1) is 11.8 Å². The minimum Gasteiger partial charge on any atom is -0.398 e. The van der Waals surface area contributed by atoms with Crippen molar-refractivity contribution in [1.82, 2.24) is 4.90 Å². The smallest absolute Gasteiger partial charge is 0.233 e. The topological polar surface area (TPSA) is 46.3 Å². The molecule has 2 rings (SSSR count). The summed E-state index contributed by atoms with van der Waals surface area (Å²) in [5.74, 6) is 0.178. The molecule has 2 N–H and O–H groups in total. The number of halogens is 1. The third-order valence-electron chi connectivity index (χ3n) is 3.74. The van der Waals surface area contributed by atoms with E-state index in [1.54, 1.807) is 6.07 Å². The average Bonchev–Trinajstić information content (AvgIpc) is 2.46. The Morgan fingerprint density at radius 2 is 2.30 bits per heavy atom. The predicted molar refractivity (Wildman–Crippen MR) is 81.2 cm³/mol. The first-order valence-corrected chi connectivity index (χ1v) is 8.07. The predicted octanol–water partition coefficient (Wildman–Crippen LogP) is 3.29. The molecule has 1 unspecified atom stereocenters. The number of anilines is 1. The Hall–Kier alpha value is -1.23. The molecule has 0 spiro atoms. The molecule has 0 aliphatic carbocycles. The van der Waals surface area contributed by atoms with Crippen molar-refractivity contribution in [3.8, 4) is 0 Å². The van der Waals surface area contributed by atoms with Crippen molar-refractivity contribution in [3.05, 3.63) is 24.0 Å². The summed E-state index contributed by atoms with van der Waals surface area (Å²) in [4.78, 5) is 15.1. The van der Waals surface area contributed by atoms with Gasteiger partial charge in [-0.05, 0) is 43.9 Å². The Balaban J connectivity index is 1.94. The number of likely N-dealkylation sites (tertiary alicyclic amines) is 1. The number of carbonyl (C=O) groups is 1. The van der Waals surface area contributed by atoms with E-state index >= 15 is 0 Å². The molecule has 1 heterocycles. The van der Waals surface area contributed by atoms with Crippen LogP contribution in [-0.4, -0.2) is 29.1 Å². The molecule has 1 aromatic carbocycles. The van der Waals surface area contributed by atoms with Gasteiger partial charge in [0.25, 0.3) is 0 Å². The van der Waals surface area contributed by atoms with Crippen molar-refractivity contribution < 1.29 is 9.18 Å². The molecule has 1 amide bonds. The number of rotatable bonds is 4. The second-order valence-corrected chi connectivity index (χ2v) is 6.13. The van der Waals surface area contributed by atoms with Gasteiger partial charge in [0.2, 0.25) is 5.91 Å². The molecule has 0 radical (unpaired) electrons. The normalized spacial score (nSPS) is 19.1. The highest BCUT2D eigenvalue weighted by Crippen LogP contribution is 2.27. The highest BCUT2D eigenvalue weighted by Gasteiger charge is 2.25. The molecule has 0 aromatic heterocycles.